The molecule has 1 N–H and O–H groups in total. The standard InChI is InChI=1S/C15H17N3O4S/c1-23(21,22)18-8-6-17(7-9-18)15(20)12-10-11-4-2-3-5-13(11)16-14(12)19/h2-5,10H,6-9H2,1H3,(H,16,19). The molecule has 8 heteroatoms. The number of benzene rings is 1. The van der Waals surface area contributed by atoms with Crippen molar-refractivity contribution in [1.29, 1.82) is 0 Å². The highest BCUT2D eigenvalue weighted by molar-refractivity contribution is 7.88. The first-order valence-corrected chi connectivity index (χ1v) is 9.07. The second-order valence-electron chi connectivity index (χ2n) is 5.55. The molecular weight excluding hydrogens is 318 g/mol. The summed E-state index contributed by atoms with van der Waals surface area (Å²) in [6.07, 6.45) is 1.15. The van der Waals surface area contributed by atoms with Crippen molar-refractivity contribution < 1.29 is 13.2 Å². The lowest BCUT2D eigenvalue weighted by Gasteiger charge is -2.33. The molecule has 3 rings (SSSR count). The number of rotatable bonds is 2. The number of pyridine rings is 1. The van der Waals surface area contributed by atoms with Crippen LogP contribution in [0.15, 0.2) is 35.1 Å². The van der Waals surface area contributed by atoms with Gasteiger partial charge in [0.25, 0.3) is 11.5 Å². The van der Waals surface area contributed by atoms with Crippen LogP contribution in [-0.2, 0) is 10.0 Å². The number of fused-ring (bicyclic) bond motifs is 1. The van der Waals surface area contributed by atoms with Crippen molar-refractivity contribution in [3.8, 4) is 0 Å². The number of nitrogens with zero attached hydrogens (tertiary/aromatic N) is 2. The Kier molecular flexibility index (Phi) is 3.95. The third-order valence-electron chi connectivity index (χ3n) is 3.98. The maximum absolute atomic E-state index is 12.6. The van der Waals surface area contributed by atoms with Crippen molar-refractivity contribution in [2.45, 2.75) is 0 Å². The van der Waals surface area contributed by atoms with E-state index in [2.05, 4.69) is 4.98 Å². The van der Waals surface area contributed by atoms with Gasteiger partial charge in [-0.25, -0.2) is 8.42 Å². The number of sulfonamides is 1. The van der Waals surface area contributed by atoms with Crippen molar-refractivity contribution in [2.75, 3.05) is 32.4 Å². The summed E-state index contributed by atoms with van der Waals surface area (Å²) in [7, 11) is -3.25. The highest BCUT2D eigenvalue weighted by Crippen LogP contribution is 2.13. The molecule has 0 aliphatic carbocycles. The molecule has 1 saturated heterocycles. The van der Waals surface area contributed by atoms with Gasteiger partial charge in [-0.15, -0.1) is 0 Å². The number of H-pyrrole nitrogens is 1. The molecule has 1 amide bonds. The smallest absolute Gasteiger partial charge is 0.261 e. The van der Waals surface area contributed by atoms with Gasteiger partial charge in [-0.3, -0.25) is 9.59 Å². The second-order valence-corrected chi connectivity index (χ2v) is 7.54. The Morgan fingerprint density at radius 1 is 1.13 bits per heavy atom. The fraction of sp³-hybridized carbons (Fsp3) is 0.333. The van der Waals surface area contributed by atoms with Gasteiger partial charge >= 0.3 is 0 Å². The second kappa shape index (κ2) is 5.78. The number of amides is 1. The minimum Gasteiger partial charge on any atom is -0.336 e. The molecule has 0 radical (unpaired) electrons. The summed E-state index contributed by atoms with van der Waals surface area (Å²) in [6, 6.07) is 8.82. The van der Waals surface area contributed by atoms with E-state index in [9.17, 15) is 18.0 Å². The molecule has 1 aromatic heterocycles. The van der Waals surface area contributed by atoms with Gasteiger partial charge in [0.1, 0.15) is 5.56 Å². The summed E-state index contributed by atoms with van der Waals surface area (Å²) >= 11 is 0. The van der Waals surface area contributed by atoms with Crippen molar-refractivity contribution in [1.82, 2.24) is 14.2 Å². The molecule has 2 heterocycles. The lowest BCUT2D eigenvalue weighted by atomic mass is 10.1. The molecule has 0 spiro atoms. The number of aromatic amines is 1. The van der Waals surface area contributed by atoms with E-state index in [1.54, 1.807) is 12.1 Å². The van der Waals surface area contributed by atoms with E-state index >= 15 is 0 Å². The summed E-state index contributed by atoms with van der Waals surface area (Å²) in [5.74, 6) is -0.370. The summed E-state index contributed by atoms with van der Waals surface area (Å²) in [6.45, 7) is 1.04. The van der Waals surface area contributed by atoms with E-state index < -0.39 is 15.6 Å². The largest absolute Gasteiger partial charge is 0.336 e. The topological polar surface area (TPSA) is 90.6 Å². The van der Waals surface area contributed by atoms with Gasteiger partial charge in [-0.05, 0) is 17.5 Å². The van der Waals surface area contributed by atoms with Gasteiger partial charge in [-0.2, -0.15) is 4.31 Å². The van der Waals surface area contributed by atoms with Crippen LogP contribution in [-0.4, -0.2) is 60.9 Å². The number of hydrogen-bond acceptors (Lipinski definition) is 4. The lowest BCUT2D eigenvalue weighted by molar-refractivity contribution is 0.0696. The predicted molar refractivity (Wildman–Crippen MR) is 86.9 cm³/mol. The molecule has 0 bridgehead atoms. The highest BCUT2D eigenvalue weighted by atomic mass is 32.2. The maximum atomic E-state index is 12.6. The third kappa shape index (κ3) is 3.13. The van der Waals surface area contributed by atoms with E-state index in [0.29, 0.717) is 5.52 Å². The van der Waals surface area contributed by atoms with Crippen molar-refractivity contribution in [3.63, 3.8) is 0 Å². The number of aromatic nitrogens is 1. The number of para-hydroxylation sites is 1. The Hall–Kier alpha value is -2.19. The molecular formula is C15H17N3O4S. The van der Waals surface area contributed by atoms with E-state index in [0.717, 1.165) is 11.6 Å². The molecule has 1 aliphatic rings. The first-order chi connectivity index (χ1) is 10.9. The summed E-state index contributed by atoms with van der Waals surface area (Å²) < 4.78 is 24.3. The molecule has 1 fully saturated rings. The normalized spacial score (nSPS) is 16.7. The average molecular weight is 335 g/mol. The zero-order chi connectivity index (χ0) is 16.6. The maximum Gasteiger partial charge on any atom is 0.261 e. The monoisotopic (exact) mass is 335 g/mol. The van der Waals surface area contributed by atoms with Gasteiger partial charge in [0, 0.05) is 31.7 Å². The number of carbonyl (C=O) groups is 1. The molecule has 23 heavy (non-hydrogen) atoms. The van der Waals surface area contributed by atoms with Crippen LogP contribution < -0.4 is 5.56 Å². The molecule has 2 aromatic rings. The molecule has 7 nitrogen and oxygen atoms in total. The molecule has 122 valence electrons. The van der Waals surface area contributed by atoms with Crippen LogP contribution in [0.5, 0.6) is 0 Å². The van der Waals surface area contributed by atoms with E-state index in [1.165, 1.54) is 9.21 Å². The number of piperazine rings is 1. The fourth-order valence-corrected chi connectivity index (χ4v) is 3.53. The van der Waals surface area contributed by atoms with E-state index in [4.69, 9.17) is 0 Å². The van der Waals surface area contributed by atoms with Crippen molar-refractivity contribution in [3.05, 3.63) is 46.2 Å². The average Bonchev–Trinajstić information content (AvgIpc) is 2.53. The Balaban J connectivity index is 1.84. The van der Waals surface area contributed by atoms with Crippen LogP contribution in [0, 0.1) is 0 Å². The Bertz CT molecular complexity index is 912. The van der Waals surface area contributed by atoms with E-state index in [1.807, 2.05) is 18.2 Å². The first kappa shape index (κ1) is 15.7. The van der Waals surface area contributed by atoms with Crippen LogP contribution in [0.4, 0.5) is 0 Å². The minimum atomic E-state index is -3.25. The Labute approximate surface area is 133 Å². The third-order valence-corrected chi connectivity index (χ3v) is 5.28. The fourth-order valence-electron chi connectivity index (χ4n) is 2.70. The summed E-state index contributed by atoms with van der Waals surface area (Å²) in [5.41, 5.74) is 0.326. The lowest BCUT2D eigenvalue weighted by Crippen LogP contribution is -2.50. The van der Waals surface area contributed by atoms with Crippen LogP contribution in [0.1, 0.15) is 10.4 Å². The zero-order valence-corrected chi connectivity index (χ0v) is 13.5. The number of hydrogen-bond donors (Lipinski definition) is 1. The minimum absolute atomic E-state index is 0.0801. The predicted octanol–water partition coefficient (Wildman–Crippen LogP) is 0.245. The summed E-state index contributed by atoms with van der Waals surface area (Å²) in [4.78, 5) is 28.9. The van der Waals surface area contributed by atoms with Gasteiger partial charge in [0.15, 0.2) is 0 Å². The number of carbonyl (C=O) groups excluding carboxylic acids is 1. The van der Waals surface area contributed by atoms with Crippen LogP contribution >= 0.6 is 0 Å². The van der Waals surface area contributed by atoms with Gasteiger partial charge in [-0.1, -0.05) is 18.2 Å². The van der Waals surface area contributed by atoms with Gasteiger partial charge in [0.2, 0.25) is 10.0 Å². The molecule has 1 aromatic carbocycles. The molecule has 0 saturated carbocycles. The highest BCUT2D eigenvalue weighted by Gasteiger charge is 2.27. The number of nitrogens with one attached hydrogen (secondary N) is 1. The molecule has 0 unspecified atom stereocenters. The van der Waals surface area contributed by atoms with Crippen molar-refractivity contribution >= 4 is 26.8 Å². The van der Waals surface area contributed by atoms with Gasteiger partial charge in [0.05, 0.1) is 6.26 Å². The van der Waals surface area contributed by atoms with Crippen molar-refractivity contribution in [2.24, 2.45) is 0 Å². The van der Waals surface area contributed by atoms with Crippen LogP contribution in [0.2, 0.25) is 0 Å². The molecule has 0 atom stereocenters. The van der Waals surface area contributed by atoms with Crippen LogP contribution in [0.25, 0.3) is 10.9 Å². The van der Waals surface area contributed by atoms with Gasteiger partial charge < -0.3 is 9.88 Å². The molecule has 1 aliphatic heterocycles. The van der Waals surface area contributed by atoms with Crippen LogP contribution in [0.3, 0.4) is 0 Å². The zero-order valence-electron chi connectivity index (χ0n) is 12.7. The Morgan fingerprint density at radius 2 is 1.78 bits per heavy atom. The van der Waals surface area contributed by atoms with E-state index in [-0.39, 0.29) is 37.6 Å². The SMILES string of the molecule is CS(=O)(=O)N1CCN(C(=O)c2cc3ccccc3[nH]c2=O)CC1. The summed E-state index contributed by atoms with van der Waals surface area (Å²) in [5, 5.41) is 0.783. The quantitative estimate of drug-likeness (QED) is 0.851. The Morgan fingerprint density at radius 3 is 2.43 bits per heavy atom. The first-order valence-electron chi connectivity index (χ1n) is 7.23.